The summed E-state index contributed by atoms with van der Waals surface area (Å²) in [4.78, 5) is 1.38. The van der Waals surface area contributed by atoms with Crippen molar-refractivity contribution >= 4 is 0 Å². The van der Waals surface area contributed by atoms with Crippen molar-refractivity contribution in [2.45, 2.75) is 32.0 Å². The van der Waals surface area contributed by atoms with Gasteiger partial charge in [-0.05, 0) is 18.8 Å². The molecular weight excluding hydrogens is 195 g/mol. The Kier molecular flexibility index (Phi) is 3.78. The van der Waals surface area contributed by atoms with Gasteiger partial charge in [0.2, 0.25) is 0 Å². The van der Waals surface area contributed by atoms with Crippen molar-refractivity contribution in [3.05, 3.63) is 0 Å². The lowest BCUT2D eigenvalue weighted by Crippen LogP contribution is -2.46. The van der Waals surface area contributed by atoms with Gasteiger partial charge in [0, 0.05) is 13.1 Å². The van der Waals surface area contributed by atoms with E-state index in [1.165, 1.54) is 4.90 Å². The number of likely N-dealkylation sites (tertiary alicyclic amines) is 1. The maximum absolute atomic E-state index is 12.1. The van der Waals surface area contributed by atoms with Crippen molar-refractivity contribution in [2.24, 2.45) is 5.92 Å². The van der Waals surface area contributed by atoms with Gasteiger partial charge in [-0.25, -0.2) is 0 Å². The Morgan fingerprint density at radius 3 is 2.57 bits per heavy atom. The van der Waals surface area contributed by atoms with Crippen LogP contribution < -0.4 is 0 Å². The van der Waals surface area contributed by atoms with E-state index in [0.717, 1.165) is 6.42 Å². The van der Waals surface area contributed by atoms with E-state index in [2.05, 4.69) is 0 Å². The van der Waals surface area contributed by atoms with Gasteiger partial charge < -0.3 is 5.11 Å². The molecule has 0 bridgehead atoms. The van der Waals surface area contributed by atoms with E-state index in [4.69, 9.17) is 0 Å². The minimum atomic E-state index is -4.12. The van der Waals surface area contributed by atoms with Gasteiger partial charge in [-0.1, -0.05) is 6.92 Å². The molecule has 84 valence electrons. The molecule has 0 aromatic rings. The molecule has 1 aliphatic heterocycles. The number of halogens is 3. The number of nitrogens with zero attached hydrogens (tertiary/aromatic N) is 1. The largest absolute Gasteiger partial charge is 0.401 e. The molecule has 0 amide bonds. The quantitative estimate of drug-likeness (QED) is 0.750. The van der Waals surface area contributed by atoms with Crippen LogP contribution in [0.5, 0.6) is 0 Å². The number of hydrogen-bond acceptors (Lipinski definition) is 2. The number of aliphatic hydroxyl groups is 1. The maximum Gasteiger partial charge on any atom is 0.401 e. The van der Waals surface area contributed by atoms with Crippen molar-refractivity contribution in [1.29, 1.82) is 0 Å². The van der Waals surface area contributed by atoms with Gasteiger partial charge in [-0.3, -0.25) is 4.90 Å². The zero-order chi connectivity index (χ0) is 10.8. The highest BCUT2D eigenvalue weighted by Gasteiger charge is 2.34. The van der Waals surface area contributed by atoms with Crippen molar-refractivity contribution < 1.29 is 18.3 Å². The average Bonchev–Trinajstić information content (AvgIpc) is 2.06. The number of rotatable bonds is 2. The van der Waals surface area contributed by atoms with Gasteiger partial charge in [-0.2, -0.15) is 13.2 Å². The molecule has 1 rings (SSSR count). The van der Waals surface area contributed by atoms with Crippen molar-refractivity contribution in [3.63, 3.8) is 0 Å². The van der Waals surface area contributed by atoms with Crippen LogP contribution >= 0.6 is 0 Å². The van der Waals surface area contributed by atoms with E-state index < -0.39 is 18.8 Å². The monoisotopic (exact) mass is 211 g/mol. The maximum atomic E-state index is 12.1. The van der Waals surface area contributed by atoms with Gasteiger partial charge in [-0.15, -0.1) is 0 Å². The SMILES string of the molecule is CCC1CN(CC(F)(F)F)CCC1O. The van der Waals surface area contributed by atoms with Gasteiger partial charge >= 0.3 is 6.18 Å². The first kappa shape index (κ1) is 11.8. The number of aliphatic hydroxyl groups excluding tert-OH is 1. The minimum absolute atomic E-state index is 0.00824. The zero-order valence-corrected chi connectivity index (χ0v) is 8.22. The van der Waals surface area contributed by atoms with Crippen molar-refractivity contribution in [2.75, 3.05) is 19.6 Å². The Morgan fingerprint density at radius 1 is 1.43 bits per heavy atom. The lowest BCUT2D eigenvalue weighted by Gasteiger charge is -2.35. The molecule has 1 saturated heterocycles. The molecule has 1 heterocycles. The lowest BCUT2D eigenvalue weighted by atomic mass is 9.92. The van der Waals surface area contributed by atoms with E-state index in [9.17, 15) is 18.3 Å². The molecule has 0 spiro atoms. The molecule has 14 heavy (non-hydrogen) atoms. The molecule has 0 aliphatic carbocycles. The van der Waals surface area contributed by atoms with E-state index in [1.54, 1.807) is 0 Å². The standard InChI is InChI=1S/C9H16F3NO/c1-2-7-5-13(4-3-8(7)14)6-9(10,11)12/h7-8,14H,2-6H2,1H3. The molecule has 0 radical (unpaired) electrons. The predicted molar refractivity (Wildman–Crippen MR) is 46.9 cm³/mol. The van der Waals surface area contributed by atoms with Gasteiger partial charge in [0.1, 0.15) is 0 Å². The first-order chi connectivity index (χ1) is 6.42. The fourth-order valence-corrected chi connectivity index (χ4v) is 1.89. The van der Waals surface area contributed by atoms with E-state index in [0.29, 0.717) is 19.5 Å². The Bertz CT molecular complexity index is 183. The number of alkyl halides is 3. The second-order valence-electron chi connectivity index (χ2n) is 3.87. The Hall–Kier alpha value is -0.290. The van der Waals surface area contributed by atoms with Crippen LogP contribution in [0.1, 0.15) is 19.8 Å². The number of piperidine rings is 1. The normalized spacial score (nSPS) is 30.6. The third kappa shape index (κ3) is 3.46. The van der Waals surface area contributed by atoms with Crippen LogP contribution in [0, 0.1) is 5.92 Å². The molecule has 2 atom stereocenters. The molecule has 1 fully saturated rings. The molecule has 1 aliphatic rings. The fourth-order valence-electron chi connectivity index (χ4n) is 1.89. The molecule has 2 unspecified atom stereocenters. The van der Waals surface area contributed by atoms with Gasteiger partial charge in [0.15, 0.2) is 0 Å². The molecule has 0 aromatic heterocycles. The molecule has 0 aromatic carbocycles. The second-order valence-corrected chi connectivity index (χ2v) is 3.87. The summed E-state index contributed by atoms with van der Waals surface area (Å²) in [6, 6.07) is 0. The molecule has 2 nitrogen and oxygen atoms in total. The third-order valence-electron chi connectivity index (χ3n) is 2.71. The summed E-state index contributed by atoms with van der Waals surface area (Å²) in [6.07, 6.45) is -3.37. The van der Waals surface area contributed by atoms with Crippen LogP contribution in [-0.4, -0.2) is 41.9 Å². The van der Waals surface area contributed by atoms with Crippen LogP contribution in [0.25, 0.3) is 0 Å². The summed E-state index contributed by atoms with van der Waals surface area (Å²) in [7, 11) is 0. The number of hydrogen-bond donors (Lipinski definition) is 1. The van der Waals surface area contributed by atoms with Crippen molar-refractivity contribution in [1.82, 2.24) is 4.90 Å². The third-order valence-corrected chi connectivity index (χ3v) is 2.71. The molecule has 5 heteroatoms. The smallest absolute Gasteiger partial charge is 0.393 e. The lowest BCUT2D eigenvalue weighted by molar-refractivity contribution is -0.153. The summed E-state index contributed by atoms with van der Waals surface area (Å²) in [6.45, 7) is 1.75. The highest BCUT2D eigenvalue weighted by molar-refractivity contribution is 4.80. The van der Waals surface area contributed by atoms with Crippen molar-refractivity contribution in [3.8, 4) is 0 Å². The summed E-state index contributed by atoms with van der Waals surface area (Å²) < 4.78 is 36.2. The van der Waals surface area contributed by atoms with E-state index >= 15 is 0 Å². The first-order valence-electron chi connectivity index (χ1n) is 4.89. The molecule has 1 N–H and O–H groups in total. The Labute approximate surface area is 81.7 Å². The topological polar surface area (TPSA) is 23.5 Å². The summed E-state index contributed by atoms with van der Waals surface area (Å²) >= 11 is 0. The summed E-state index contributed by atoms with van der Waals surface area (Å²) in [5.41, 5.74) is 0. The zero-order valence-electron chi connectivity index (χ0n) is 8.22. The average molecular weight is 211 g/mol. The molecular formula is C9H16F3NO. The van der Waals surface area contributed by atoms with Crippen LogP contribution in [0.4, 0.5) is 13.2 Å². The van der Waals surface area contributed by atoms with E-state index in [1.807, 2.05) is 6.92 Å². The van der Waals surface area contributed by atoms with Gasteiger partial charge in [0.05, 0.1) is 12.6 Å². The predicted octanol–water partition coefficient (Wildman–Crippen LogP) is 1.64. The van der Waals surface area contributed by atoms with Crippen LogP contribution in [-0.2, 0) is 0 Å². The molecule has 0 saturated carbocycles. The Morgan fingerprint density at radius 2 is 2.07 bits per heavy atom. The van der Waals surface area contributed by atoms with E-state index in [-0.39, 0.29) is 5.92 Å². The van der Waals surface area contributed by atoms with Crippen LogP contribution in [0.2, 0.25) is 0 Å². The van der Waals surface area contributed by atoms with Gasteiger partial charge in [0.25, 0.3) is 0 Å². The first-order valence-corrected chi connectivity index (χ1v) is 4.89. The van der Waals surface area contributed by atoms with Crippen LogP contribution in [0.3, 0.4) is 0 Å². The summed E-state index contributed by atoms with van der Waals surface area (Å²) in [5.74, 6) is -0.00824. The highest BCUT2D eigenvalue weighted by Crippen LogP contribution is 2.24. The minimum Gasteiger partial charge on any atom is -0.393 e. The fraction of sp³-hybridized carbons (Fsp3) is 1.00. The summed E-state index contributed by atoms with van der Waals surface area (Å²) in [5, 5.41) is 9.48. The second kappa shape index (κ2) is 4.49. The van der Waals surface area contributed by atoms with Crippen LogP contribution in [0.15, 0.2) is 0 Å². The highest BCUT2D eigenvalue weighted by atomic mass is 19.4. The Balaban J connectivity index is 2.43.